The maximum absolute atomic E-state index is 10.1. The Bertz CT molecular complexity index is 490. The van der Waals surface area contributed by atoms with Gasteiger partial charge in [0.1, 0.15) is 6.10 Å². The predicted octanol–water partition coefficient (Wildman–Crippen LogP) is 3.03. The molecule has 16 heavy (non-hydrogen) atoms. The third-order valence-electron chi connectivity index (χ3n) is 2.22. The van der Waals surface area contributed by atoms with E-state index >= 15 is 0 Å². The van der Waals surface area contributed by atoms with E-state index in [0.717, 1.165) is 14.5 Å². The maximum atomic E-state index is 10.1. The Kier molecular flexibility index (Phi) is 3.47. The molecule has 1 atom stereocenters. The lowest BCUT2D eigenvalue weighted by Crippen LogP contribution is -2.01. The molecule has 84 valence electrons. The smallest absolute Gasteiger partial charge is 0.123 e. The van der Waals surface area contributed by atoms with Crippen LogP contribution < -0.4 is 0 Å². The summed E-state index contributed by atoms with van der Waals surface area (Å²) in [6.45, 7) is 0. The molecule has 0 amide bonds. The van der Waals surface area contributed by atoms with Crippen molar-refractivity contribution in [2.75, 3.05) is 0 Å². The Balaban J connectivity index is 2.37. The zero-order valence-electron chi connectivity index (χ0n) is 8.56. The molecule has 1 N–H and O–H groups in total. The first-order chi connectivity index (χ1) is 7.56. The van der Waals surface area contributed by atoms with Crippen LogP contribution in [0.2, 0.25) is 0 Å². The topological polar surface area (TPSA) is 38.0 Å². The maximum Gasteiger partial charge on any atom is 0.123 e. The number of benzene rings is 1. The fourth-order valence-electron chi connectivity index (χ4n) is 1.48. The summed E-state index contributed by atoms with van der Waals surface area (Å²) in [4.78, 5) is 0. The normalized spacial score (nSPS) is 12.8. The lowest BCUT2D eigenvalue weighted by molar-refractivity contribution is 0.214. The number of hydrogen-bond donors (Lipinski definition) is 1. The monoisotopic (exact) mass is 344 g/mol. The summed E-state index contributed by atoms with van der Waals surface area (Å²) in [7, 11) is 1.83. The van der Waals surface area contributed by atoms with E-state index < -0.39 is 6.10 Å². The van der Waals surface area contributed by atoms with E-state index in [4.69, 9.17) is 0 Å². The van der Waals surface area contributed by atoms with Gasteiger partial charge in [0.15, 0.2) is 0 Å². The molecule has 0 radical (unpaired) electrons. The van der Waals surface area contributed by atoms with Crippen molar-refractivity contribution in [3.63, 3.8) is 0 Å². The molecule has 0 saturated heterocycles. The molecule has 0 aliphatic rings. The summed E-state index contributed by atoms with van der Waals surface area (Å²) in [5.74, 6) is 0. The van der Waals surface area contributed by atoms with Crippen molar-refractivity contribution in [1.82, 2.24) is 9.78 Å². The molecule has 0 aliphatic heterocycles. The SMILES string of the molecule is Cn1ccc(C(O)c2cc(Br)cc(Br)c2)n1. The third-order valence-corrected chi connectivity index (χ3v) is 3.13. The van der Waals surface area contributed by atoms with Crippen LogP contribution in [-0.2, 0) is 7.05 Å². The summed E-state index contributed by atoms with van der Waals surface area (Å²) < 4.78 is 3.52. The summed E-state index contributed by atoms with van der Waals surface area (Å²) in [6, 6.07) is 7.49. The lowest BCUT2D eigenvalue weighted by atomic mass is 10.1. The Morgan fingerprint density at radius 3 is 2.38 bits per heavy atom. The average Bonchev–Trinajstić information content (AvgIpc) is 2.62. The molecule has 1 unspecified atom stereocenters. The van der Waals surface area contributed by atoms with Crippen LogP contribution in [0.5, 0.6) is 0 Å². The zero-order valence-corrected chi connectivity index (χ0v) is 11.7. The van der Waals surface area contributed by atoms with Gasteiger partial charge in [0.05, 0.1) is 5.69 Å². The van der Waals surface area contributed by atoms with Crippen LogP contribution in [0.25, 0.3) is 0 Å². The van der Waals surface area contributed by atoms with Gasteiger partial charge in [-0.3, -0.25) is 4.68 Å². The molecule has 3 nitrogen and oxygen atoms in total. The first kappa shape index (κ1) is 11.8. The van der Waals surface area contributed by atoms with Gasteiger partial charge in [-0.25, -0.2) is 0 Å². The fourth-order valence-corrected chi connectivity index (χ4v) is 2.81. The standard InChI is InChI=1S/C11H10Br2N2O/c1-15-3-2-10(14-15)11(16)7-4-8(12)6-9(13)5-7/h2-6,11,16H,1H3. The molecule has 1 aromatic carbocycles. The van der Waals surface area contributed by atoms with E-state index in [1.54, 1.807) is 10.7 Å². The van der Waals surface area contributed by atoms with Crippen molar-refractivity contribution in [3.05, 3.63) is 50.7 Å². The Morgan fingerprint density at radius 2 is 1.88 bits per heavy atom. The Morgan fingerprint density at radius 1 is 1.25 bits per heavy atom. The second-order valence-corrected chi connectivity index (χ2v) is 5.35. The van der Waals surface area contributed by atoms with Crippen LogP contribution in [-0.4, -0.2) is 14.9 Å². The minimum Gasteiger partial charge on any atom is -0.382 e. The van der Waals surface area contributed by atoms with Crippen molar-refractivity contribution in [3.8, 4) is 0 Å². The van der Waals surface area contributed by atoms with Gasteiger partial charge in [-0.05, 0) is 29.8 Å². The van der Waals surface area contributed by atoms with Crippen molar-refractivity contribution in [2.24, 2.45) is 7.05 Å². The van der Waals surface area contributed by atoms with Crippen LogP contribution in [0.3, 0.4) is 0 Å². The Labute approximate surface area is 110 Å². The highest BCUT2D eigenvalue weighted by molar-refractivity contribution is 9.11. The van der Waals surface area contributed by atoms with Gasteiger partial charge in [0, 0.05) is 22.2 Å². The van der Waals surface area contributed by atoms with Crippen molar-refractivity contribution < 1.29 is 5.11 Å². The Hall–Kier alpha value is -0.650. The van der Waals surface area contributed by atoms with Crippen LogP contribution in [0.1, 0.15) is 17.4 Å². The molecular formula is C11H10Br2N2O. The molecule has 0 spiro atoms. The van der Waals surface area contributed by atoms with E-state index in [1.165, 1.54) is 0 Å². The average molecular weight is 346 g/mol. The van der Waals surface area contributed by atoms with Gasteiger partial charge in [0.2, 0.25) is 0 Å². The molecule has 1 heterocycles. The summed E-state index contributed by atoms with van der Waals surface area (Å²) in [6.07, 6.45) is 1.11. The lowest BCUT2D eigenvalue weighted by Gasteiger charge is -2.09. The van der Waals surface area contributed by atoms with Gasteiger partial charge >= 0.3 is 0 Å². The highest BCUT2D eigenvalue weighted by Crippen LogP contribution is 2.27. The molecule has 5 heteroatoms. The first-order valence-corrected chi connectivity index (χ1v) is 6.28. The minimum absolute atomic E-state index is 0.646. The van der Waals surface area contributed by atoms with Crippen LogP contribution in [0, 0.1) is 0 Å². The quantitative estimate of drug-likeness (QED) is 0.908. The number of rotatable bonds is 2. The van der Waals surface area contributed by atoms with E-state index in [0.29, 0.717) is 5.69 Å². The highest BCUT2D eigenvalue weighted by Gasteiger charge is 2.14. The zero-order chi connectivity index (χ0) is 11.7. The van der Waals surface area contributed by atoms with Gasteiger partial charge < -0.3 is 5.11 Å². The predicted molar refractivity (Wildman–Crippen MR) is 69.1 cm³/mol. The van der Waals surface area contributed by atoms with Crippen LogP contribution >= 0.6 is 31.9 Å². The van der Waals surface area contributed by atoms with E-state index in [-0.39, 0.29) is 0 Å². The van der Waals surface area contributed by atoms with Crippen LogP contribution in [0.15, 0.2) is 39.4 Å². The largest absolute Gasteiger partial charge is 0.382 e. The number of aliphatic hydroxyl groups is 1. The second kappa shape index (κ2) is 4.69. The highest BCUT2D eigenvalue weighted by atomic mass is 79.9. The number of aromatic nitrogens is 2. The van der Waals surface area contributed by atoms with Crippen molar-refractivity contribution >= 4 is 31.9 Å². The molecule has 2 rings (SSSR count). The number of aliphatic hydroxyl groups excluding tert-OH is 1. The van der Waals surface area contributed by atoms with E-state index in [9.17, 15) is 5.11 Å². The third kappa shape index (κ3) is 2.53. The second-order valence-electron chi connectivity index (χ2n) is 3.52. The molecule has 0 aliphatic carbocycles. The first-order valence-electron chi connectivity index (χ1n) is 4.70. The van der Waals surface area contributed by atoms with Gasteiger partial charge in [-0.2, -0.15) is 5.10 Å². The fraction of sp³-hybridized carbons (Fsp3) is 0.182. The summed E-state index contributed by atoms with van der Waals surface area (Å²) in [5, 5.41) is 14.3. The van der Waals surface area contributed by atoms with Crippen LogP contribution in [0.4, 0.5) is 0 Å². The summed E-state index contributed by atoms with van der Waals surface area (Å²) >= 11 is 6.78. The molecule has 0 bridgehead atoms. The minimum atomic E-state index is -0.699. The number of aryl methyl sites for hydroxylation is 1. The van der Waals surface area contributed by atoms with Crippen molar-refractivity contribution in [1.29, 1.82) is 0 Å². The van der Waals surface area contributed by atoms with Gasteiger partial charge in [-0.1, -0.05) is 31.9 Å². The van der Waals surface area contributed by atoms with Gasteiger partial charge in [-0.15, -0.1) is 0 Å². The molecule has 0 saturated carbocycles. The molecule has 0 fully saturated rings. The number of halogens is 2. The molecular weight excluding hydrogens is 336 g/mol. The molecule has 2 aromatic rings. The van der Waals surface area contributed by atoms with E-state index in [1.807, 2.05) is 31.4 Å². The van der Waals surface area contributed by atoms with Gasteiger partial charge in [0.25, 0.3) is 0 Å². The summed E-state index contributed by atoms with van der Waals surface area (Å²) in [5.41, 5.74) is 1.45. The van der Waals surface area contributed by atoms with Crippen molar-refractivity contribution in [2.45, 2.75) is 6.10 Å². The number of nitrogens with zero attached hydrogens (tertiary/aromatic N) is 2. The molecule has 1 aromatic heterocycles. The number of hydrogen-bond acceptors (Lipinski definition) is 2. The van der Waals surface area contributed by atoms with E-state index in [2.05, 4.69) is 37.0 Å².